The Morgan fingerprint density at radius 3 is 2.29 bits per heavy atom. The normalized spacial score (nSPS) is 24.1. The predicted octanol–water partition coefficient (Wildman–Crippen LogP) is 4.40. The Hall–Kier alpha value is -1.55. The van der Waals surface area contributed by atoms with Crippen LogP contribution in [-0.2, 0) is 15.0 Å². The zero-order chi connectivity index (χ0) is 19.6. The Morgan fingerprint density at radius 1 is 0.964 bits per heavy atom. The molecule has 2 heterocycles. The number of benzene rings is 1. The van der Waals surface area contributed by atoms with Crippen molar-refractivity contribution in [3.05, 3.63) is 34.9 Å². The van der Waals surface area contributed by atoms with Crippen molar-refractivity contribution in [2.24, 2.45) is 5.92 Å². The lowest BCUT2D eigenvalue weighted by Crippen LogP contribution is -2.53. The van der Waals surface area contributed by atoms with Crippen LogP contribution < -0.4 is 0 Å². The first-order valence-electron chi connectivity index (χ1n) is 10.9. The lowest BCUT2D eigenvalue weighted by atomic mass is 9.63. The summed E-state index contributed by atoms with van der Waals surface area (Å²) >= 11 is 6.05. The minimum Gasteiger partial charge on any atom is -0.343 e. The monoisotopic (exact) mass is 402 g/mol. The Morgan fingerprint density at radius 2 is 1.64 bits per heavy atom. The van der Waals surface area contributed by atoms with Gasteiger partial charge in [-0.25, -0.2) is 0 Å². The van der Waals surface area contributed by atoms with E-state index >= 15 is 0 Å². The van der Waals surface area contributed by atoms with Gasteiger partial charge in [0, 0.05) is 37.6 Å². The number of likely N-dealkylation sites (tertiary alicyclic amines) is 2. The predicted molar refractivity (Wildman–Crippen MR) is 111 cm³/mol. The number of amides is 2. The minimum absolute atomic E-state index is 0.289. The molecule has 1 aliphatic carbocycles. The average molecular weight is 403 g/mol. The van der Waals surface area contributed by atoms with Crippen LogP contribution in [0.25, 0.3) is 0 Å². The fourth-order valence-electron chi connectivity index (χ4n) is 5.17. The molecule has 0 radical (unpaired) electrons. The summed E-state index contributed by atoms with van der Waals surface area (Å²) < 4.78 is 0. The van der Waals surface area contributed by atoms with E-state index in [0.717, 1.165) is 83.1 Å². The lowest BCUT2D eigenvalue weighted by Gasteiger charge is -2.46. The third-order valence-electron chi connectivity index (χ3n) is 7.04. The molecule has 3 aliphatic rings. The second kappa shape index (κ2) is 8.44. The summed E-state index contributed by atoms with van der Waals surface area (Å²) in [6.45, 7) is 3.52. The second-order valence-corrected chi connectivity index (χ2v) is 9.26. The summed E-state index contributed by atoms with van der Waals surface area (Å²) in [6, 6.07) is 7.84. The number of rotatable bonds is 5. The van der Waals surface area contributed by atoms with Crippen LogP contribution in [-0.4, -0.2) is 47.8 Å². The molecular formula is C23H31ClN2O2. The maximum absolute atomic E-state index is 13.5. The Kier molecular flexibility index (Phi) is 5.96. The zero-order valence-electron chi connectivity index (χ0n) is 16.7. The first-order chi connectivity index (χ1) is 13.6. The third kappa shape index (κ3) is 3.94. The van der Waals surface area contributed by atoms with Crippen LogP contribution in [0.1, 0.15) is 63.4 Å². The van der Waals surface area contributed by atoms with Gasteiger partial charge in [-0.3, -0.25) is 9.59 Å². The summed E-state index contributed by atoms with van der Waals surface area (Å²) in [7, 11) is 0. The number of carbonyl (C=O) groups excluding carboxylic acids is 2. The van der Waals surface area contributed by atoms with Crippen molar-refractivity contribution in [3.63, 3.8) is 0 Å². The van der Waals surface area contributed by atoms with Crippen molar-refractivity contribution < 1.29 is 9.59 Å². The molecule has 0 N–H and O–H groups in total. The van der Waals surface area contributed by atoms with E-state index in [1.54, 1.807) is 0 Å². The first kappa shape index (κ1) is 19.8. The van der Waals surface area contributed by atoms with Gasteiger partial charge in [0.2, 0.25) is 11.8 Å². The topological polar surface area (TPSA) is 40.6 Å². The molecule has 0 bridgehead atoms. The summed E-state index contributed by atoms with van der Waals surface area (Å²) in [5, 5.41) is 0.714. The average Bonchev–Trinajstić information content (AvgIpc) is 3.22. The molecule has 2 saturated heterocycles. The molecule has 28 heavy (non-hydrogen) atoms. The summed E-state index contributed by atoms with van der Waals surface area (Å²) in [5.41, 5.74) is 0.761. The zero-order valence-corrected chi connectivity index (χ0v) is 17.4. The summed E-state index contributed by atoms with van der Waals surface area (Å²) in [4.78, 5) is 30.0. The van der Waals surface area contributed by atoms with Crippen LogP contribution in [0.3, 0.4) is 0 Å². The molecule has 0 aromatic heterocycles. The highest BCUT2D eigenvalue weighted by Crippen LogP contribution is 2.46. The molecule has 152 valence electrons. The molecule has 1 aromatic carbocycles. The van der Waals surface area contributed by atoms with Crippen molar-refractivity contribution in [1.29, 1.82) is 0 Å². The van der Waals surface area contributed by atoms with Gasteiger partial charge in [-0.15, -0.1) is 0 Å². The van der Waals surface area contributed by atoms with Gasteiger partial charge >= 0.3 is 0 Å². The largest absolute Gasteiger partial charge is 0.343 e. The molecule has 0 unspecified atom stereocenters. The third-order valence-corrected chi connectivity index (χ3v) is 7.30. The van der Waals surface area contributed by atoms with Gasteiger partial charge in [0.25, 0.3) is 0 Å². The molecule has 2 amide bonds. The van der Waals surface area contributed by atoms with E-state index in [9.17, 15) is 9.59 Å². The van der Waals surface area contributed by atoms with Gasteiger partial charge in [-0.2, -0.15) is 0 Å². The fourth-order valence-corrected chi connectivity index (χ4v) is 5.29. The van der Waals surface area contributed by atoms with E-state index < -0.39 is 0 Å². The van der Waals surface area contributed by atoms with E-state index in [1.807, 2.05) is 29.2 Å². The van der Waals surface area contributed by atoms with Gasteiger partial charge in [-0.05, 0) is 68.6 Å². The van der Waals surface area contributed by atoms with Crippen LogP contribution in [0.4, 0.5) is 0 Å². The van der Waals surface area contributed by atoms with Gasteiger partial charge in [0.1, 0.15) is 0 Å². The van der Waals surface area contributed by atoms with Crippen LogP contribution in [0, 0.1) is 5.92 Å². The van der Waals surface area contributed by atoms with Gasteiger partial charge in [0.05, 0.1) is 5.41 Å². The van der Waals surface area contributed by atoms with E-state index in [2.05, 4.69) is 4.90 Å². The smallest absolute Gasteiger partial charge is 0.233 e. The molecule has 4 rings (SSSR count). The molecule has 3 fully saturated rings. The number of halogens is 1. The van der Waals surface area contributed by atoms with Crippen LogP contribution in [0.5, 0.6) is 0 Å². The van der Waals surface area contributed by atoms with Crippen molar-refractivity contribution >= 4 is 23.4 Å². The van der Waals surface area contributed by atoms with E-state index in [0.29, 0.717) is 23.3 Å². The maximum atomic E-state index is 13.5. The van der Waals surface area contributed by atoms with E-state index in [4.69, 9.17) is 11.6 Å². The second-order valence-electron chi connectivity index (χ2n) is 8.83. The van der Waals surface area contributed by atoms with Crippen molar-refractivity contribution in [1.82, 2.24) is 9.80 Å². The molecule has 2 aliphatic heterocycles. The van der Waals surface area contributed by atoms with Crippen LogP contribution in [0.2, 0.25) is 5.02 Å². The van der Waals surface area contributed by atoms with E-state index in [-0.39, 0.29) is 11.3 Å². The Balaban J connectivity index is 1.37. The highest BCUT2D eigenvalue weighted by Gasteiger charge is 2.48. The van der Waals surface area contributed by atoms with E-state index in [1.165, 1.54) is 0 Å². The summed E-state index contributed by atoms with van der Waals surface area (Å²) in [5.74, 6) is 1.04. The van der Waals surface area contributed by atoms with Crippen molar-refractivity contribution in [3.8, 4) is 0 Å². The molecule has 1 aromatic rings. The van der Waals surface area contributed by atoms with Gasteiger partial charge < -0.3 is 9.80 Å². The quantitative estimate of drug-likeness (QED) is 0.732. The molecule has 1 atom stereocenters. The number of carbonyl (C=O) groups is 2. The molecular weight excluding hydrogens is 372 g/mol. The van der Waals surface area contributed by atoms with Crippen LogP contribution in [0.15, 0.2) is 24.3 Å². The van der Waals surface area contributed by atoms with Crippen molar-refractivity contribution in [2.45, 2.75) is 63.2 Å². The van der Waals surface area contributed by atoms with Gasteiger partial charge in [0.15, 0.2) is 0 Å². The van der Waals surface area contributed by atoms with Crippen LogP contribution >= 0.6 is 11.6 Å². The maximum Gasteiger partial charge on any atom is 0.233 e. The number of piperidine rings is 1. The molecule has 4 nitrogen and oxygen atoms in total. The molecule has 0 spiro atoms. The number of nitrogens with zero attached hydrogens (tertiary/aromatic N) is 2. The Bertz CT molecular complexity index is 708. The van der Waals surface area contributed by atoms with Gasteiger partial charge in [-0.1, -0.05) is 30.2 Å². The minimum atomic E-state index is -0.349. The first-order valence-corrected chi connectivity index (χ1v) is 11.3. The SMILES string of the molecule is O=C(CC[C@@H]1CCCN(C(=O)C2(c3ccc(Cl)cc3)CCC2)C1)N1CCCC1. The highest BCUT2D eigenvalue weighted by molar-refractivity contribution is 6.30. The lowest BCUT2D eigenvalue weighted by molar-refractivity contribution is -0.143. The molecule has 1 saturated carbocycles. The fraction of sp³-hybridized carbons (Fsp3) is 0.652. The Labute approximate surface area is 173 Å². The number of hydrogen-bond acceptors (Lipinski definition) is 2. The summed E-state index contributed by atoms with van der Waals surface area (Å²) in [6.07, 6.45) is 8.98. The molecule has 5 heteroatoms. The highest BCUT2D eigenvalue weighted by atomic mass is 35.5. The van der Waals surface area contributed by atoms with Crippen molar-refractivity contribution in [2.75, 3.05) is 26.2 Å². The standard InChI is InChI=1S/C23H31ClN2O2/c24-20-9-7-19(8-10-20)23(12-4-13-23)22(28)26-16-3-5-18(17-26)6-11-21(27)25-14-1-2-15-25/h7-10,18H,1-6,11-17H2/t18-/m0/s1. The number of hydrogen-bond donors (Lipinski definition) is 0.